The van der Waals surface area contributed by atoms with Gasteiger partial charge in [0.15, 0.2) is 0 Å². The molecular weight excluding hydrogens is 309 g/mol. The summed E-state index contributed by atoms with van der Waals surface area (Å²) in [6.45, 7) is 16.4. The van der Waals surface area contributed by atoms with E-state index in [1.54, 1.807) is 12.1 Å². The van der Waals surface area contributed by atoms with E-state index in [1.807, 2.05) is 20.8 Å². The molecule has 0 fully saturated rings. The van der Waals surface area contributed by atoms with Crippen molar-refractivity contribution in [3.63, 3.8) is 0 Å². The topological polar surface area (TPSA) is 12.0 Å². The van der Waals surface area contributed by atoms with Crippen molar-refractivity contribution in [2.24, 2.45) is 0 Å². The molecule has 2 rings (SSSR count). The fourth-order valence-electron chi connectivity index (χ4n) is 2.23. The Kier molecular flexibility index (Phi) is 12.1. The molecule has 0 saturated heterocycles. The minimum absolute atomic E-state index is 0.160. The van der Waals surface area contributed by atoms with Gasteiger partial charge in [-0.15, -0.1) is 0 Å². The normalized spacial score (nSPS) is 9.24. The molecule has 0 heterocycles. The van der Waals surface area contributed by atoms with Gasteiger partial charge in [-0.1, -0.05) is 70.5 Å². The molecule has 0 amide bonds. The number of allylic oxidation sites excluding steroid dienone is 1. The lowest BCUT2D eigenvalue weighted by Crippen LogP contribution is -1.99. The number of benzene rings is 2. The van der Waals surface area contributed by atoms with E-state index in [4.69, 9.17) is 0 Å². The summed E-state index contributed by atoms with van der Waals surface area (Å²) in [5.41, 5.74) is 6.03. The molecule has 0 spiro atoms. The highest BCUT2D eigenvalue weighted by molar-refractivity contribution is 5.55. The van der Waals surface area contributed by atoms with Crippen LogP contribution >= 0.6 is 0 Å². The van der Waals surface area contributed by atoms with E-state index in [2.05, 4.69) is 50.9 Å². The van der Waals surface area contributed by atoms with Gasteiger partial charge in [-0.3, -0.25) is 0 Å². The van der Waals surface area contributed by atoms with E-state index in [-0.39, 0.29) is 5.82 Å². The number of aryl methyl sites for hydroxylation is 3. The lowest BCUT2D eigenvalue weighted by Gasteiger charge is -2.11. The Morgan fingerprint density at radius 2 is 1.60 bits per heavy atom. The smallest absolute Gasteiger partial charge is 0.123 e. The Morgan fingerprint density at radius 1 is 1.00 bits per heavy atom. The summed E-state index contributed by atoms with van der Waals surface area (Å²) in [4.78, 5) is 0. The van der Waals surface area contributed by atoms with Crippen molar-refractivity contribution >= 4 is 5.69 Å². The van der Waals surface area contributed by atoms with Crippen LogP contribution in [0, 0.1) is 19.7 Å². The van der Waals surface area contributed by atoms with Crippen molar-refractivity contribution in [1.29, 1.82) is 0 Å². The summed E-state index contributed by atoms with van der Waals surface area (Å²) in [5.74, 6) is -0.160. The van der Waals surface area contributed by atoms with Gasteiger partial charge in [-0.25, -0.2) is 4.39 Å². The fraction of sp³-hybridized carbons (Fsp3) is 0.391. The first-order valence-corrected chi connectivity index (χ1v) is 9.22. The second-order valence-corrected chi connectivity index (χ2v) is 5.78. The first kappa shape index (κ1) is 22.9. The molecule has 0 atom stereocenters. The maximum absolute atomic E-state index is 12.2. The predicted octanol–water partition coefficient (Wildman–Crippen LogP) is 7.44. The van der Waals surface area contributed by atoms with Gasteiger partial charge in [-0.05, 0) is 56.0 Å². The summed E-state index contributed by atoms with van der Waals surface area (Å²) >= 11 is 0. The molecule has 2 aromatic carbocycles. The molecule has 0 aliphatic heterocycles. The molecular formula is C23H34FN. The van der Waals surface area contributed by atoms with Crippen molar-refractivity contribution in [1.82, 2.24) is 0 Å². The van der Waals surface area contributed by atoms with E-state index < -0.39 is 0 Å². The molecule has 0 saturated carbocycles. The summed E-state index contributed by atoms with van der Waals surface area (Å²) < 4.78 is 12.2. The highest BCUT2D eigenvalue weighted by Gasteiger charge is 1.98. The molecule has 1 nitrogen and oxygen atoms in total. The Labute approximate surface area is 154 Å². The highest BCUT2D eigenvalue weighted by atomic mass is 19.1. The molecule has 138 valence electrons. The lowest BCUT2D eigenvalue weighted by molar-refractivity contribution is 0.627. The number of hydrogen-bond acceptors (Lipinski definition) is 1. The third kappa shape index (κ3) is 9.71. The maximum atomic E-state index is 12.2. The largest absolute Gasteiger partial charge is 0.359 e. The number of hydrogen-bond donors (Lipinski definition) is 1. The second kappa shape index (κ2) is 13.2. The number of anilines is 1. The highest BCUT2D eigenvalue weighted by Crippen LogP contribution is 2.18. The van der Waals surface area contributed by atoms with Crippen LogP contribution in [0.15, 0.2) is 54.7 Å². The molecule has 0 aliphatic carbocycles. The number of halogens is 1. The van der Waals surface area contributed by atoms with Crippen LogP contribution in [0.2, 0.25) is 0 Å². The number of nitrogens with one attached hydrogen (secondary N) is 1. The summed E-state index contributed by atoms with van der Waals surface area (Å²) in [5, 5.41) is 3.34. The number of rotatable bonds is 5. The first-order chi connectivity index (χ1) is 12.0. The Bertz CT molecular complexity index is 614. The summed E-state index contributed by atoms with van der Waals surface area (Å²) in [7, 11) is 0. The van der Waals surface area contributed by atoms with Gasteiger partial charge in [0, 0.05) is 11.4 Å². The third-order valence-corrected chi connectivity index (χ3v) is 3.57. The average molecular weight is 344 g/mol. The zero-order chi connectivity index (χ0) is 19.2. The first-order valence-electron chi connectivity index (χ1n) is 9.22. The van der Waals surface area contributed by atoms with Gasteiger partial charge < -0.3 is 5.32 Å². The SMILES string of the molecule is C=C(CCC)Nc1ccc(C)cc1C.CC.CCc1ccc(F)cc1. The quantitative estimate of drug-likeness (QED) is 0.594. The second-order valence-electron chi connectivity index (χ2n) is 5.78. The van der Waals surface area contributed by atoms with Crippen molar-refractivity contribution in [3.05, 3.63) is 77.2 Å². The Hall–Kier alpha value is -2.09. The van der Waals surface area contributed by atoms with Gasteiger partial charge in [0.1, 0.15) is 5.82 Å². The van der Waals surface area contributed by atoms with Crippen molar-refractivity contribution in [2.75, 3.05) is 5.32 Å². The average Bonchev–Trinajstić information content (AvgIpc) is 2.61. The third-order valence-electron chi connectivity index (χ3n) is 3.57. The van der Waals surface area contributed by atoms with Crippen LogP contribution in [0.4, 0.5) is 10.1 Å². The van der Waals surface area contributed by atoms with Crippen LogP contribution < -0.4 is 5.32 Å². The molecule has 0 radical (unpaired) electrons. The van der Waals surface area contributed by atoms with Crippen LogP contribution in [0.5, 0.6) is 0 Å². The molecule has 1 N–H and O–H groups in total. The fourth-order valence-corrected chi connectivity index (χ4v) is 2.23. The zero-order valence-corrected chi connectivity index (χ0v) is 16.7. The van der Waals surface area contributed by atoms with Gasteiger partial charge in [0.25, 0.3) is 0 Å². The van der Waals surface area contributed by atoms with E-state index in [9.17, 15) is 4.39 Å². The van der Waals surface area contributed by atoms with Gasteiger partial charge in [-0.2, -0.15) is 0 Å². The molecule has 2 aromatic rings. The molecule has 25 heavy (non-hydrogen) atoms. The van der Waals surface area contributed by atoms with Crippen LogP contribution in [0.1, 0.15) is 57.2 Å². The van der Waals surface area contributed by atoms with Gasteiger partial charge in [0.2, 0.25) is 0 Å². The van der Waals surface area contributed by atoms with Crippen LogP contribution in [-0.4, -0.2) is 0 Å². The molecule has 0 bridgehead atoms. The summed E-state index contributed by atoms with van der Waals surface area (Å²) in [6, 6.07) is 13.0. The molecule has 0 aliphatic rings. The molecule has 2 heteroatoms. The van der Waals surface area contributed by atoms with Crippen LogP contribution in [0.25, 0.3) is 0 Å². The predicted molar refractivity (Wildman–Crippen MR) is 111 cm³/mol. The molecule has 0 unspecified atom stereocenters. The van der Waals surface area contributed by atoms with E-state index in [1.165, 1.54) is 34.5 Å². The van der Waals surface area contributed by atoms with Gasteiger partial charge in [0.05, 0.1) is 0 Å². The zero-order valence-electron chi connectivity index (χ0n) is 16.7. The van der Waals surface area contributed by atoms with Crippen LogP contribution in [-0.2, 0) is 6.42 Å². The Balaban J connectivity index is 0.000000451. The lowest BCUT2D eigenvalue weighted by atomic mass is 10.1. The van der Waals surface area contributed by atoms with Crippen molar-refractivity contribution in [2.45, 2.75) is 60.8 Å². The molecule has 0 aromatic heterocycles. The minimum atomic E-state index is -0.160. The summed E-state index contributed by atoms with van der Waals surface area (Å²) in [6.07, 6.45) is 3.14. The van der Waals surface area contributed by atoms with E-state index in [0.717, 1.165) is 25.0 Å². The van der Waals surface area contributed by atoms with Crippen molar-refractivity contribution < 1.29 is 4.39 Å². The standard InChI is InChI=1S/C13H19N.C8H9F.C2H6/c1-5-6-12(4)14-13-8-7-10(2)9-11(13)3;1-2-7-3-5-8(9)6-4-7;1-2/h7-9,14H,4-6H2,1-3H3;3-6H,2H2,1H3;1-2H3. The van der Waals surface area contributed by atoms with Gasteiger partial charge >= 0.3 is 0 Å². The van der Waals surface area contributed by atoms with Crippen LogP contribution in [0.3, 0.4) is 0 Å². The van der Waals surface area contributed by atoms with Crippen molar-refractivity contribution in [3.8, 4) is 0 Å². The maximum Gasteiger partial charge on any atom is 0.123 e. The van der Waals surface area contributed by atoms with E-state index in [0.29, 0.717) is 0 Å². The monoisotopic (exact) mass is 343 g/mol. The Morgan fingerprint density at radius 3 is 2.08 bits per heavy atom. The minimum Gasteiger partial charge on any atom is -0.359 e. The van der Waals surface area contributed by atoms with E-state index >= 15 is 0 Å².